The summed E-state index contributed by atoms with van der Waals surface area (Å²) in [6, 6.07) is 0. The molecule has 0 heterocycles. The van der Waals surface area contributed by atoms with Gasteiger partial charge in [0.1, 0.15) is 0 Å². The van der Waals surface area contributed by atoms with Gasteiger partial charge in [0.15, 0.2) is 0 Å². The van der Waals surface area contributed by atoms with Gasteiger partial charge in [-0.3, -0.25) is 0 Å². The zero-order chi connectivity index (χ0) is 7.70. The molecule has 0 fully saturated rings. The Morgan fingerprint density at radius 2 is 2.00 bits per heavy atom. The molecule has 0 amide bonds. The Bertz CT molecular complexity index is 68.0. The molecule has 1 nitrogen and oxygen atoms in total. The predicted octanol–water partition coefficient (Wildman–Crippen LogP) is 2.18. The number of thioether (sulfide) groups is 1. The van der Waals surface area contributed by atoms with Gasteiger partial charge in [0.05, 0.1) is 0 Å². The van der Waals surface area contributed by atoms with Gasteiger partial charge >= 0.3 is 56.4 Å². The molecule has 0 atom stereocenters. The van der Waals surface area contributed by atoms with Crippen LogP contribution in [0.2, 0.25) is 0.515 Å². The van der Waals surface area contributed by atoms with E-state index in [4.69, 9.17) is 5.11 Å². The molecular formula is C5H11KOS2. The zero-order valence-corrected chi connectivity index (χ0v) is 10.9. The molecule has 0 saturated heterocycles. The molecule has 4 heteroatoms. The fourth-order valence-electron chi connectivity index (χ4n) is 0.123. The van der Waals surface area contributed by atoms with E-state index in [1.165, 1.54) is 12.3 Å². The Labute approximate surface area is 101 Å². The third-order valence-corrected chi connectivity index (χ3v) is 1.16. The van der Waals surface area contributed by atoms with Gasteiger partial charge in [-0.25, -0.2) is 0 Å². The molecule has 0 unspecified atom stereocenters. The van der Waals surface area contributed by atoms with Gasteiger partial charge in [0.25, 0.3) is 0 Å². The number of rotatable bonds is 1. The molecule has 0 aromatic carbocycles. The van der Waals surface area contributed by atoms with Gasteiger partial charge in [0, 0.05) is 0 Å². The minimum atomic E-state index is 0.0394. The van der Waals surface area contributed by atoms with Crippen molar-refractivity contribution in [1.29, 1.82) is 0 Å². The number of hydrogen-bond donors (Lipinski definition) is 1. The van der Waals surface area contributed by atoms with Crippen molar-refractivity contribution < 1.29 is 5.11 Å². The van der Waals surface area contributed by atoms with Crippen LogP contribution < -0.4 is 0 Å². The molecule has 50 valence electrons. The number of aliphatic hydroxyl groups is 1. The molecule has 0 aliphatic rings. The van der Waals surface area contributed by atoms with Crippen LogP contribution in [0.25, 0.3) is 0 Å². The quantitative estimate of drug-likeness (QED) is 0.505. The van der Waals surface area contributed by atoms with Crippen LogP contribution in [0.15, 0.2) is 0 Å². The van der Waals surface area contributed by atoms with E-state index >= 15 is 0 Å². The van der Waals surface area contributed by atoms with E-state index in [1.807, 2.05) is 6.92 Å². The molecule has 0 spiro atoms. The third-order valence-electron chi connectivity index (χ3n) is 0.268. The molecule has 0 saturated carbocycles. The van der Waals surface area contributed by atoms with Gasteiger partial charge < -0.3 is 5.11 Å². The molecule has 0 aromatic rings. The van der Waals surface area contributed by atoms with E-state index in [1.54, 1.807) is 0 Å². The Morgan fingerprint density at radius 3 is 2.00 bits per heavy atom. The number of thiocarbonyl (C=S) groups is 1. The molecule has 1 N–H and O–H groups in total. The first-order chi connectivity index (χ1) is 4.18. The molecule has 0 aliphatic carbocycles. The van der Waals surface area contributed by atoms with Crippen LogP contribution in [-0.4, -0.2) is 64.2 Å². The van der Waals surface area contributed by atoms with Crippen LogP contribution in [0.1, 0.15) is 13.8 Å². The van der Waals surface area contributed by atoms with E-state index in [0.717, 1.165) is 54.7 Å². The van der Waals surface area contributed by atoms with Crippen molar-refractivity contribution in [3.63, 3.8) is 0 Å². The Morgan fingerprint density at radius 1 is 1.67 bits per heavy atom. The summed E-state index contributed by atoms with van der Waals surface area (Å²) >= 11 is 6.69. The fraction of sp³-hybridized carbons (Fsp3) is 0.800. The summed E-state index contributed by atoms with van der Waals surface area (Å²) < 4.78 is 1.48. The Kier molecular flexibility index (Phi) is 18.8. The van der Waals surface area contributed by atoms with Gasteiger partial charge in [0.2, 0.25) is 4.38 Å². The summed E-state index contributed by atoms with van der Waals surface area (Å²) in [6.07, 6.45) is 0. The van der Waals surface area contributed by atoms with Crippen molar-refractivity contribution in [3.8, 4) is 0 Å². The summed E-state index contributed by atoms with van der Waals surface area (Å²) in [7, 11) is 0. The van der Waals surface area contributed by atoms with Gasteiger partial charge in [-0.05, 0) is 18.0 Å². The zero-order valence-electron chi connectivity index (χ0n) is 6.18. The first-order valence-corrected chi connectivity index (χ1v) is 6.64. The Balaban J connectivity index is 0. The summed E-state index contributed by atoms with van der Waals surface area (Å²) in [4.78, 5) is 0. The van der Waals surface area contributed by atoms with Crippen molar-refractivity contribution >= 4 is 77.3 Å². The average molecular weight is 190 g/mol. The standard InChI is InChI=1S/C3H6OS2.C2H5.K/c1-2-6-3(4)5;1-2;/h2H2,1H3,(H,4,5);1H2,2H3;. The number of aliphatic hydroxyl groups excluding tert-OH is 1. The predicted molar refractivity (Wildman–Crippen MR) is 49.6 cm³/mol. The summed E-state index contributed by atoms with van der Waals surface area (Å²) in [5, 5.41) is 8.25. The molecule has 9 heavy (non-hydrogen) atoms. The summed E-state index contributed by atoms with van der Waals surface area (Å²) in [6.45, 7) is 4.15. The average Bonchev–Trinajstić information content (AvgIpc) is 1.67. The van der Waals surface area contributed by atoms with E-state index in [0.29, 0.717) is 0 Å². The normalized spacial score (nSPS) is 7.56. The van der Waals surface area contributed by atoms with E-state index in [9.17, 15) is 0 Å². The van der Waals surface area contributed by atoms with Crippen molar-refractivity contribution in [2.24, 2.45) is 0 Å². The molecular weight excluding hydrogens is 179 g/mol. The summed E-state index contributed by atoms with van der Waals surface area (Å²) in [5.74, 6) is 0.856. The van der Waals surface area contributed by atoms with Gasteiger partial charge in [-0.2, -0.15) is 0 Å². The topological polar surface area (TPSA) is 20.2 Å². The second kappa shape index (κ2) is 12.5. The Hall–Kier alpha value is 1.88. The van der Waals surface area contributed by atoms with E-state index in [-0.39, 0.29) is 4.38 Å². The summed E-state index contributed by atoms with van der Waals surface area (Å²) in [5.41, 5.74) is 0. The van der Waals surface area contributed by atoms with Crippen LogP contribution >= 0.6 is 24.0 Å². The molecule has 0 bridgehead atoms. The van der Waals surface area contributed by atoms with Crippen molar-refractivity contribution in [2.75, 3.05) is 5.75 Å². The third kappa shape index (κ3) is 25.8. The van der Waals surface area contributed by atoms with Crippen molar-refractivity contribution in [2.45, 2.75) is 14.4 Å². The SMILES string of the molecule is CCSC(O)=S.C[CH2][K]. The first kappa shape index (κ1) is 13.5. The van der Waals surface area contributed by atoms with Crippen molar-refractivity contribution in [1.82, 2.24) is 0 Å². The van der Waals surface area contributed by atoms with Crippen LogP contribution in [0.5, 0.6) is 0 Å². The minimum absolute atomic E-state index is 0.0394. The van der Waals surface area contributed by atoms with Crippen molar-refractivity contribution in [3.05, 3.63) is 0 Å². The second-order valence-electron chi connectivity index (χ2n) is 1.41. The van der Waals surface area contributed by atoms with Crippen LogP contribution in [0.4, 0.5) is 0 Å². The molecule has 0 aromatic heterocycles. The van der Waals surface area contributed by atoms with E-state index in [2.05, 4.69) is 19.1 Å². The van der Waals surface area contributed by atoms with Gasteiger partial charge in [-0.15, -0.1) is 0 Å². The molecule has 0 aliphatic heterocycles. The first-order valence-electron chi connectivity index (χ1n) is 3.04. The van der Waals surface area contributed by atoms with E-state index < -0.39 is 0 Å². The van der Waals surface area contributed by atoms with Crippen LogP contribution in [0.3, 0.4) is 0 Å². The van der Waals surface area contributed by atoms with Crippen LogP contribution in [-0.2, 0) is 0 Å². The molecule has 0 rings (SSSR count). The molecule has 0 radical (unpaired) electrons. The second-order valence-corrected chi connectivity index (χ2v) is 5.51. The maximum atomic E-state index is 8.25. The monoisotopic (exact) mass is 190 g/mol. The number of hydrogen-bond acceptors (Lipinski definition) is 2. The van der Waals surface area contributed by atoms with Crippen LogP contribution in [0, 0.1) is 0 Å². The fourth-order valence-corrected chi connectivity index (χ4v) is 0.724. The van der Waals surface area contributed by atoms with Gasteiger partial charge in [-0.1, -0.05) is 18.7 Å². The maximum absolute atomic E-state index is 8.25.